The van der Waals surface area contributed by atoms with Crippen LogP contribution in [0, 0.1) is 0 Å². The first-order chi connectivity index (χ1) is 9.69. The molecular weight excluding hydrogens is 280 g/mol. The fourth-order valence-corrected chi connectivity index (χ4v) is 2.03. The number of amides is 1. The molecule has 0 aliphatic heterocycles. The molecule has 1 saturated carbocycles. The quantitative estimate of drug-likeness (QED) is 0.890. The minimum atomic E-state index is -0.349. The van der Waals surface area contributed by atoms with Crippen LogP contribution in [-0.4, -0.2) is 32.0 Å². The van der Waals surface area contributed by atoms with Gasteiger partial charge in [-0.05, 0) is 25.0 Å². The Kier molecular flexibility index (Phi) is 3.42. The topological polar surface area (TPSA) is 80.0 Å². The molecule has 0 spiro atoms. The summed E-state index contributed by atoms with van der Waals surface area (Å²) in [5.74, 6) is -0.310. The molecule has 0 unspecified atom stereocenters. The second kappa shape index (κ2) is 5.22. The molecule has 1 heterocycles. The average Bonchev–Trinajstić information content (AvgIpc) is 3.15. The number of hydrogen-bond donors (Lipinski definition) is 2. The van der Waals surface area contributed by atoms with Crippen molar-refractivity contribution in [2.75, 3.05) is 0 Å². The Morgan fingerprint density at radius 3 is 2.80 bits per heavy atom. The highest BCUT2D eigenvalue weighted by molar-refractivity contribution is 6.32. The smallest absolute Gasteiger partial charge is 0.274 e. The van der Waals surface area contributed by atoms with E-state index < -0.39 is 0 Å². The van der Waals surface area contributed by atoms with Crippen LogP contribution < -0.4 is 5.32 Å². The second-order valence-corrected chi connectivity index (χ2v) is 5.05. The summed E-state index contributed by atoms with van der Waals surface area (Å²) in [6.45, 7) is -0.349. The maximum atomic E-state index is 12.0. The molecule has 1 aromatic heterocycles. The second-order valence-electron chi connectivity index (χ2n) is 4.64. The van der Waals surface area contributed by atoms with Gasteiger partial charge in [-0.1, -0.05) is 23.7 Å². The molecule has 0 radical (unpaired) electrons. The van der Waals surface area contributed by atoms with Gasteiger partial charge in [0.05, 0.1) is 11.6 Å². The number of hydrogen-bond acceptors (Lipinski definition) is 4. The lowest BCUT2D eigenvalue weighted by atomic mass is 10.3. The van der Waals surface area contributed by atoms with E-state index >= 15 is 0 Å². The Balaban J connectivity index is 1.95. The van der Waals surface area contributed by atoms with Gasteiger partial charge < -0.3 is 10.4 Å². The van der Waals surface area contributed by atoms with E-state index in [1.54, 1.807) is 24.3 Å². The molecule has 1 aliphatic rings. The molecule has 0 saturated heterocycles. The number of halogens is 1. The van der Waals surface area contributed by atoms with Crippen molar-refractivity contribution in [1.82, 2.24) is 20.3 Å². The Labute approximate surface area is 120 Å². The fraction of sp³-hybridized carbons (Fsp3) is 0.308. The first-order valence-electron chi connectivity index (χ1n) is 6.32. The largest absolute Gasteiger partial charge is 0.390 e. The normalized spacial score (nSPS) is 14.3. The maximum Gasteiger partial charge on any atom is 0.274 e. The Bertz CT molecular complexity index is 652. The molecule has 0 bridgehead atoms. The van der Waals surface area contributed by atoms with E-state index in [1.165, 1.54) is 4.80 Å². The van der Waals surface area contributed by atoms with Gasteiger partial charge in [-0.15, -0.1) is 15.0 Å². The van der Waals surface area contributed by atoms with E-state index in [0.717, 1.165) is 12.8 Å². The number of benzene rings is 1. The van der Waals surface area contributed by atoms with E-state index in [1.807, 2.05) is 0 Å². The van der Waals surface area contributed by atoms with Crippen LogP contribution in [0.15, 0.2) is 24.3 Å². The highest BCUT2D eigenvalue weighted by atomic mass is 35.5. The summed E-state index contributed by atoms with van der Waals surface area (Å²) in [6, 6.07) is 7.27. The van der Waals surface area contributed by atoms with Crippen LogP contribution >= 0.6 is 11.6 Å². The standard InChI is InChI=1S/C13H13ClN4O2/c14-9-3-1-2-4-11(9)18-16-10(7-19)12(17-18)13(20)15-8-5-6-8/h1-4,8,19H,5-7H2,(H,15,20). The zero-order valence-electron chi connectivity index (χ0n) is 10.6. The molecule has 0 atom stereocenters. The lowest BCUT2D eigenvalue weighted by Gasteiger charge is -2.01. The Morgan fingerprint density at radius 2 is 2.15 bits per heavy atom. The number of nitrogens with one attached hydrogen (secondary N) is 1. The van der Waals surface area contributed by atoms with Gasteiger partial charge in [-0.3, -0.25) is 4.79 Å². The molecule has 3 rings (SSSR count). The first-order valence-corrected chi connectivity index (χ1v) is 6.69. The number of rotatable bonds is 4. The summed E-state index contributed by atoms with van der Waals surface area (Å²) in [7, 11) is 0. The highest BCUT2D eigenvalue weighted by Gasteiger charge is 2.27. The van der Waals surface area contributed by atoms with Crippen LogP contribution in [0.1, 0.15) is 29.0 Å². The average molecular weight is 293 g/mol. The van der Waals surface area contributed by atoms with Gasteiger partial charge >= 0.3 is 0 Å². The van der Waals surface area contributed by atoms with Crippen LogP contribution in [0.2, 0.25) is 5.02 Å². The molecule has 1 fully saturated rings. The van der Waals surface area contributed by atoms with Crippen molar-refractivity contribution in [3.8, 4) is 5.69 Å². The minimum Gasteiger partial charge on any atom is -0.390 e. The van der Waals surface area contributed by atoms with Crippen molar-refractivity contribution in [3.63, 3.8) is 0 Å². The van der Waals surface area contributed by atoms with E-state index in [2.05, 4.69) is 15.5 Å². The summed E-state index contributed by atoms with van der Waals surface area (Å²) in [5.41, 5.74) is 0.941. The molecule has 2 N–H and O–H groups in total. The van der Waals surface area contributed by atoms with Crippen LogP contribution in [0.25, 0.3) is 5.69 Å². The monoisotopic (exact) mass is 292 g/mol. The van der Waals surface area contributed by atoms with Gasteiger partial charge in [-0.25, -0.2) is 0 Å². The van der Waals surface area contributed by atoms with E-state index in [-0.39, 0.29) is 29.9 Å². The van der Waals surface area contributed by atoms with Gasteiger partial charge in [0.2, 0.25) is 0 Å². The van der Waals surface area contributed by atoms with Gasteiger partial charge in [0.25, 0.3) is 5.91 Å². The third-order valence-corrected chi connectivity index (χ3v) is 3.35. The van der Waals surface area contributed by atoms with Crippen LogP contribution in [0.5, 0.6) is 0 Å². The summed E-state index contributed by atoms with van der Waals surface area (Å²) in [6.07, 6.45) is 1.97. The predicted octanol–water partition coefficient (Wildman–Crippen LogP) is 1.31. The molecule has 1 aliphatic carbocycles. The molecule has 1 aromatic carbocycles. The molecule has 6 nitrogen and oxygen atoms in total. The van der Waals surface area contributed by atoms with Crippen LogP contribution in [0.4, 0.5) is 0 Å². The van der Waals surface area contributed by atoms with Gasteiger partial charge in [-0.2, -0.15) is 0 Å². The van der Waals surface area contributed by atoms with Crippen molar-refractivity contribution < 1.29 is 9.90 Å². The number of carbonyl (C=O) groups excluding carboxylic acids is 1. The van der Waals surface area contributed by atoms with E-state index in [9.17, 15) is 9.90 Å². The van der Waals surface area contributed by atoms with Gasteiger partial charge in [0.15, 0.2) is 5.69 Å². The van der Waals surface area contributed by atoms with Crippen molar-refractivity contribution in [2.45, 2.75) is 25.5 Å². The van der Waals surface area contributed by atoms with Crippen molar-refractivity contribution in [2.24, 2.45) is 0 Å². The predicted molar refractivity (Wildman–Crippen MR) is 72.8 cm³/mol. The number of aliphatic hydroxyl groups is 1. The number of aromatic nitrogens is 3. The third kappa shape index (κ3) is 2.52. The Morgan fingerprint density at radius 1 is 1.40 bits per heavy atom. The molecular formula is C13H13ClN4O2. The minimum absolute atomic E-state index is 0.138. The lowest BCUT2D eigenvalue weighted by Crippen LogP contribution is -2.26. The maximum absolute atomic E-state index is 12.0. The molecule has 2 aromatic rings. The first kappa shape index (κ1) is 13.1. The molecule has 20 heavy (non-hydrogen) atoms. The SMILES string of the molecule is O=C(NC1CC1)c1nn(-c2ccccc2Cl)nc1CO. The van der Waals surface area contributed by atoms with Gasteiger partial charge in [0, 0.05) is 6.04 Å². The number of aliphatic hydroxyl groups excluding tert-OH is 1. The van der Waals surface area contributed by atoms with E-state index in [4.69, 9.17) is 11.6 Å². The fourth-order valence-electron chi connectivity index (χ4n) is 1.82. The summed E-state index contributed by atoms with van der Waals surface area (Å²) in [4.78, 5) is 13.3. The van der Waals surface area contributed by atoms with E-state index in [0.29, 0.717) is 10.7 Å². The molecule has 104 valence electrons. The number of nitrogens with zero attached hydrogens (tertiary/aromatic N) is 3. The van der Waals surface area contributed by atoms with Crippen molar-refractivity contribution >= 4 is 17.5 Å². The van der Waals surface area contributed by atoms with Crippen LogP contribution in [0.3, 0.4) is 0 Å². The zero-order chi connectivity index (χ0) is 14.1. The van der Waals surface area contributed by atoms with Crippen molar-refractivity contribution in [3.05, 3.63) is 40.7 Å². The van der Waals surface area contributed by atoms with Crippen molar-refractivity contribution in [1.29, 1.82) is 0 Å². The van der Waals surface area contributed by atoms with Gasteiger partial charge in [0.1, 0.15) is 11.4 Å². The summed E-state index contributed by atoms with van der Waals surface area (Å²) >= 11 is 6.07. The number of carbonyl (C=O) groups is 1. The van der Waals surface area contributed by atoms with Crippen LogP contribution in [-0.2, 0) is 6.61 Å². The summed E-state index contributed by atoms with van der Waals surface area (Å²) < 4.78 is 0. The highest BCUT2D eigenvalue weighted by Crippen LogP contribution is 2.21. The molecule has 1 amide bonds. The summed E-state index contributed by atoms with van der Waals surface area (Å²) in [5, 5.41) is 20.9. The molecule has 7 heteroatoms. The third-order valence-electron chi connectivity index (χ3n) is 3.03. The zero-order valence-corrected chi connectivity index (χ0v) is 11.3. The lowest BCUT2D eigenvalue weighted by molar-refractivity contribution is 0.0942. The number of para-hydroxylation sites is 1. The Hall–Kier alpha value is -1.92.